The van der Waals surface area contributed by atoms with Gasteiger partial charge in [0.15, 0.2) is 0 Å². The van der Waals surface area contributed by atoms with E-state index in [0.29, 0.717) is 5.57 Å². The molecule has 0 saturated heterocycles. The van der Waals surface area contributed by atoms with E-state index in [-0.39, 0.29) is 40.5 Å². The molecule has 0 amide bonds. The quantitative estimate of drug-likeness (QED) is 0.138. The van der Waals surface area contributed by atoms with Crippen LogP contribution in [0.3, 0.4) is 0 Å². The van der Waals surface area contributed by atoms with Crippen LogP contribution < -0.4 is 5.73 Å². The summed E-state index contributed by atoms with van der Waals surface area (Å²) in [5.74, 6) is -0.143. The van der Waals surface area contributed by atoms with E-state index in [1.54, 1.807) is 6.92 Å². The van der Waals surface area contributed by atoms with Gasteiger partial charge >= 0.3 is 5.97 Å². The molecule has 2 N–H and O–H groups in total. The first-order chi connectivity index (χ1) is 12.7. The molecule has 168 valence electrons. The van der Waals surface area contributed by atoms with Crippen LogP contribution in [-0.4, -0.2) is 17.6 Å². The molecule has 4 heteroatoms. The number of halogens is 1. The Hall–Kier alpha value is -0.350. The Balaban J connectivity index is 0. The monoisotopic (exact) mass is 461 g/mol. The molecule has 0 aliphatic rings. The molecule has 0 aromatic carbocycles. The van der Waals surface area contributed by atoms with Crippen LogP contribution in [0.25, 0.3) is 0 Å². The van der Waals surface area contributed by atoms with E-state index in [0.717, 1.165) is 12.8 Å². The molecule has 2 atom stereocenters. The maximum atomic E-state index is 11.8. The van der Waals surface area contributed by atoms with Crippen molar-refractivity contribution in [3.05, 3.63) is 12.2 Å². The number of ether oxygens (including phenoxy) is 1. The van der Waals surface area contributed by atoms with Gasteiger partial charge in [-0.1, -0.05) is 90.6 Å². The zero-order chi connectivity index (χ0) is 20.7. The first-order valence-corrected chi connectivity index (χ1v) is 11.4. The van der Waals surface area contributed by atoms with E-state index < -0.39 is 0 Å². The maximum absolute atomic E-state index is 11.8. The minimum atomic E-state index is -0.355. The van der Waals surface area contributed by atoms with E-state index in [1.165, 1.54) is 70.6 Å². The molecule has 0 spiro atoms. The number of hydrogen-bond donors (Lipinski definition) is 1. The van der Waals surface area contributed by atoms with Crippen molar-refractivity contribution >= 4 is 23.0 Å². The lowest BCUT2D eigenvalue weighted by molar-refractivity contribution is -0.147. The number of unbranched alkanes of at least 4 members (excludes halogenated alkanes) is 11. The molecule has 0 aliphatic carbocycles. The highest BCUT2D eigenvalue weighted by Gasteiger charge is 2.32. The van der Waals surface area contributed by atoms with Crippen molar-refractivity contribution in [2.45, 2.75) is 130 Å². The second-order valence-corrected chi connectivity index (χ2v) is 9.00. The van der Waals surface area contributed by atoms with Crippen LogP contribution in [0.4, 0.5) is 0 Å². The lowest BCUT2D eigenvalue weighted by Crippen LogP contribution is -2.47. The first-order valence-electron chi connectivity index (χ1n) is 11.4. The van der Waals surface area contributed by atoms with Crippen molar-refractivity contribution in [2.24, 2.45) is 11.7 Å². The number of carbonyl (C=O) groups excluding carboxylic acids is 1. The van der Waals surface area contributed by atoms with Crippen LogP contribution in [0.2, 0.25) is 0 Å². The van der Waals surface area contributed by atoms with Crippen LogP contribution in [0, 0.1) is 5.92 Å². The van der Waals surface area contributed by atoms with Crippen molar-refractivity contribution in [3.8, 4) is 0 Å². The Kier molecular flexibility index (Phi) is 18.7. The van der Waals surface area contributed by atoms with Gasteiger partial charge in [0.25, 0.3) is 0 Å². The van der Waals surface area contributed by atoms with Gasteiger partial charge in [0.2, 0.25) is 0 Å². The third-order valence-corrected chi connectivity index (χ3v) is 5.53. The van der Waals surface area contributed by atoms with Crippen molar-refractivity contribution in [1.29, 1.82) is 0 Å². The summed E-state index contributed by atoms with van der Waals surface area (Å²) in [4.78, 5) is 11.8. The summed E-state index contributed by atoms with van der Waals surface area (Å²) in [6, 6.07) is 0. The lowest BCUT2D eigenvalue weighted by Gasteiger charge is -2.35. The summed E-state index contributed by atoms with van der Waals surface area (Å²) < 4.78 is 5.54. The van der Waals surface area contributed by atoms with Crippen LogP contribution in [-0.2, 0) is 9.53 Å². The molecule has 0 rings (SSSR count). The van der Waals surface area contributed by atoms with Gasteiger partial charge in [0.05, 0.1) is 0 Å². The highest BCUT2D eigenvalue weighted by Crippen LogP contribution is 2.27. The predicted octanol–water partition coefficient (Wildman–Crippen LogP) is 7.52. The van der Waals surface area contributed by atoms with Crippen molar-refractivity contribution < 1.29 is 9.53 Å². The Bertz CT molecular complexity index is 404. The SMILES string of the molecule is Br.C=C(C)C(=O)OC(C)C(CCCCCCCCCCCCCC)C(C)(C)N. The third-order valence-electron chi connectivity index (χ3n) is 5.53. The first kappa shape index (κ1) is 29.8. The second kappa shape index (κ2) is 17.5. The summed E-state index contributed by atoms with van der Waals surface area (Å²) in [7, 11) is 0. The topological polar surface area (TPSA) is 52.3 Å². The van der Waals surface area contributed by atoms with Crippen molar-refractivity contribution in [3.63, 3.8) is 0 Å². The van der Waals surface area contributed by atoms with E-state index in [4.69, 9.17) is 10.5 Å². The number of carbonyl (C=O) groups is 1. The Morgan fingerprint density at radius 2 is 1.32 bits per heavy atom. The molecule has 3 nitrogen and oxygen atoms in total. The second-order valence-electron chi connectivity index (χ2n) is 9.00. The van der Waals surface area contributed by atoms with E-state index in [1.807, 2.05) is 20.8 Å². The van der Waals surface area contributed by atoms with E-state index >= 15 is 0 Å². The molecule has 28 heavy (non-hydrogen) atoms. The van der Waals surface area contributed by atoms with Crippen molar-refractivity contribution in [2.75, 3.05) is 0 Å². The number of rotatable bonds is 17. The fourth-order valence-electron chi connectivity index (χ4n) is 3.77. The van der Waals surface area contributed by atoms with E-state index in [9.17, 15) is 4.79 Å². The zero-order valence-electron chi connectivity index (χ0n) is 19.4. The van der Waals surface area contributed by atoms with Crippen LogP contribution >= 0.6 is 17.0 Å². The predicted molar refractivity (Wildman–Crippen MR) is 128 cm³/mol. The molecule has 0 heterocycles. The summed E-state index contributed by atoms with van der Waals surface area (Å²) in [5.41, 5.74) is 6.45. The molecule has 0 aliphatic heterocycles. The highest BCUT2D eigenvalue weighted by atomic mass is 79.9. The Morgan fingerprint density at radius 3 is 1.68 bits per heavy atom. The smallest absolute Gasteiger partial charge is 0.333 e. The normalized spacial score (nSPS) is 13.5. The molecule has 0 saturated carbocycles. The van der Waals surface area contributed by atoms with E-state index in [2.05, 4.69) is 13.5 Å². The summed E-state index contributed by atoms with van der Waals surface area (Å²) in [5, 5.41) is 0. The highest BCUT2D eigenvalue weighted by molar-refractivity contribution is 8.93. The molecular weight excluding hydrogens is 414 g/mol. The fourth-order valence-corrected chi connectivity index (χ4v) is 3.77. The molecule has 0 aromatic heterocycles. The number of esters is 1. The van der Waals surface area contributed by atoms with Crippen LogP contribution in [0.1, 0.15) is 118 Å². The molecule has 0 radical (unpaired) electrons. The Labute approximate surface area is 186 Å². The van der Waals surface area contributed by atoms with Gasteiger partial charge < -0.3 is 10.5 Å². The number of hydrogen-bond acceptors (Lipinski definition) is 3. The average molecular weight is 463 g/mol. The standard InChI is InChI=1S/C24H47NO2.BrH/c1-7-8-9-10-11-12-13-14-15-16-17-18-19-22(24(5,6)25)21(4)27-23(26)20(2)3;/h21-22H,2,7-19,25H2,1,3-6H3;1H. The average Bonchev–Trinajstić information content (AvgIpc) is 2.57. The number of nitrogens with two attached hydrogens (primary N) is 1. The van der Waals surface area contributed by atoms with Gasteiger partial charge in [-0.2, -0.15) is 0 Å². The molecule has 2 unspecified atom stereocenters. The third kappa shape index (κ3) is 15.6. The van der Waals surface area contributed by atoms with Gasteiger partial charge in [-0.15, -0.1) is 17.0 Å². The van der Waals surface area contributed by atoms with Crippen LogP contribution in [0.15, 0.2) is 12.2 Å². The lowest BCUT2D eigenvalue weighted by atomic mass is 9.80. The summed E-state index contributed by atoms with van der Waals surface area (Å²) >= 11 is 0. The largest absolute Gasteiger partial charge is 0.459 e. The fraction of sp³-hybridized carbons (Fsp3) is 0.875. The van der Waals surface area contributed by atoms with Gasteiger partial charge in [0, 0.05) is 17.0 Å². The minimum Gasteiger partial charge on any atom is -0.459 e. The van der Waals surface area contributed by atoms with Crippen LogP contribution in [0.5, 0.6) is 0 Å². The minimum absolute atomic E-state index is 0. The molecule has 0 bridgehead atoms. The molecular formula is C24H48BrNO2. The molecule has 0 fully saturated rings. The van der Waals surface area contributed by atoms with Gasteiger partial charge in [-0.3, -0.25) is 0 Å². The van der Waals surface area contributed by atoms with Gasteiger partial charge in [-0.25, -0.2) is 4.79 Å². The summed E-state index contributed by atoms with van der Waals surface area (Å²) in [6.07, 6.45) is 17.0. The van der Waals surface area contributed by atoms with Gasteiger partial charge in [0.1, 0.15) is 6.10 Å². The zero-order valence-corrected chi connectivity index (χ0v) is 21.1. The summed E-state index contributed by atoms with van der Waals surface area (Å²) in [6.45, 7) is 13.6. The van der Waals surface area contributed by atoms with Gasteiger partial charge in [-0.05, 0) is 34.1 Å². The maximum Gasteiger partial charge on any atom is 0.333 e. The molecule has 0 aromatic rings. The van der Waals surface area contributed by atoms with Crippen molar-refractivity contribution in [1.82, 2.24) is 0 Å². The Morgan fingerprint density at radius 1 is 0.929 bits per heavy atom.